The molecule has 1 amide bonds. The predicted octanol–water partition coefficient (Wildman–Crippen LogP) is 1.26. The van der Waals surface area contributed by atoms with Crippen molar-refractivity contribution in [2.45, 2.75) is 0 Å². The molecule has 0 fully saturated rings. The van der Waals surface area contributed by atoms with Crippen molar-refractivity contribution in [1.29, 1.82) is 0 Å². The lowest BCUT2D eigenvalue weighted by Crippen LogP contribution is -2.19. The molecule has 0 radical (unpaired) electrons. The summed E-state index contributed by atoms with van der Waals surface area (Å²) < 4.78 is 0. The summed E-state index contributed by atoms with van der Waals surface area (Å²) in [6.45, 7) is 0. The molecule has 0 bridgehead atoms. The molecule has 0 saturated heterocycles. The van der Waals surface area contributed by atoms with E-state index in [2.05, 4.69) is 9.82 Å². The van der Waals surface area contributed by atoms with E-state index in [1.165, 1.54) is 19.4 Å². The Morgan fingerprint density at radius 3 is 3.00 bits per heavy atom. The number of hydrogen-bond donors (Lipinski definition) is 0. The van der Waals surface area contributed by atoms with Crippen LogP contribution in [0.15, 0.2) is 18.3 Å². The van der Waals surface area contributed by atoms with E-state index >= 15 is 0 Å². The van der Waals surface area contributed by atoms with E-state index in [4.69, 9.17) is 11.6 Å². The van der Waals surface area contributed by atoms with Gasteiger partial charge in [-0.15, -0.1) is 0 Å². The Morgan fingerprint density at radius 2 is 2.50 bits per heavy atom. The molecule has 0 aliphatic carbocycles. The van der Waals surface area contributed by atoms with Crippen molar-refractivity contribution in [3.8, 4) is 0 Å². The zero-order valence-electron chi connectivity index (χ0n) is 6.40. The lowest BCUT2D eigenvalue weighted by molar-refractivity contribution is -0.112. The maximum Gasteiger partial charge on any atom is 0.239 e. The van der Waals surface area contributed by atoms with Crippen LogP contribution >= 0.6 is 11.6 Å². The standard InChI is InChI=1S/C7H7ClN2O2/c1-12-10(5-11)7-4-6(8)2-3-9-7/h2-5H,1H3. The summed E-state index contributed by atoms with van der Waals surface area (Å²) >= 11 is 5.66. The largest absolute Gasteiger partial charge is 0.276 e. The van der Waals surface area contributed by atoms with Crippen LogP contribution in [-0.4, -0.2) is 18.5 Å². The van der Waals surface area contributed by atoms with E-state index in [9.17, 15) is 4.79 Å². The fourth-order valence-corrected chi connectivity index (χ4v) is 0.859. The Balaban J connectivity index is 2.93. The van der Waals surface area contributed by atoms with Gasteiger partial charge in [0, 0.05) is 17.3 Å². The van der Waals surface area contributed by atoms with Crippen LogP contribution in [0, 0.1) is 0 Å². The molecule has 0 N–H and O–H groups in total. The van der Waals surface area contributed by atoms with Crippen LogP contribution < -0.4 is 5.06 Å². The summed E-state index contributed by atoms with van der Waals surface area (Å²) in [4.78, 5) is 18.9. The predicted molar refractivity (Wildman–Crippen MR) is 44.8 cm³/mol. The van der Waals surface area contributed by atoms with Crippen LogP contribution in [0.25, 0.3) is 0 Å². The van der Waals surface area contributed by atoms with Gasteiger partial charge in [0.1, 0.15) is 0 Å². The third-order valence-electron chi connectivity index (χ3n) is 1.23. The molecule has 1 rings (SSSR count). The first-order valence-electron chi connectivity index (χ1n) is 3.18. The molecule has 4 nitrogen and oxygen atoms in total. The maximum absolute atomic E-state index is 10.4. The van der Waals surface area contributed by atoms with E-state index in [0.717, 1.165) is 5.06 Å². The summed E-state index contributed by atoms with van der Waals surface area (Å²) in [5.41, 5.74) is 0. The SMILES string of the molecule is CON(C=O)c1cc(Cl)ccn1. The Hall–Kier alpha value is -1.13. The van der Waals surface area contributed by atoms with Crippen molar-refractivity contribution in [2.75, 3.05) is 12.2 Å². The fourth-order valence-electron chi connectivity index (χ4n) is 0.705. The minimum Gasteiger partial charge on any atom is -0.276 e. The van der Waals surface area contributed by atoms with Gasteiger partial charge in [0.05, 0.1) is 7.11 Å². The molecule has 0 spiro atoms. The highest BCUT2D eigenvalue weighted by Crippen LogP contribution is 2.14. The summed E-state index contributed by atoms with van der Waals surface area (Å²) in [6.07, 6.45) is 2.01. The number of nitrogens with zero attached hydrogens (tertiary/aromatic N) is 2. The second-order valence-electron chi connectivity index (χ2n) is 1.95. The smallest absolute Gasteiger partial charge is 0.239 e. The highest BCUT2D eigenvalue weighted by molar-refractivity contribution is 6.30. The highest BCUT2D eigenvalue weighted by Gasteiger charge is 2.04. The number of pyridine rings is 1. The maximum atomic E-state index is 10.4. The van der Waals surface area contributed by atoms with Gasteiger partial charge >= 0.3 is 0 Å². The normalized spacial score (nSPS) is 9.50. The van der Waals surface area contributed by atoms with Gasteiger partial charge in [-0.2, -0.15) is 5.06 Å². The lowest BCUT2D eigenvalue weighted by atomic mass is 10.4. The zero-order chi connectivity index (χ0) is 8.97. The molecule has 1 aromatic heterocycles. The number of hydroxylamine groups is 1. The van der Waals surface area contributed by atoms with Crippen molar-refractivity contribution in [3.05, 3.63) is 23.4 Å². The number of halogens is 1. The van der Waals surface area contributed by atoms with Crippen molar-refractivity contribution in [3.63, 3.8) is 0 Å². The summed E-state index contributed by atoms with van der Waals surface area (Å²) in [6, 6.07) is 3.14. The first kappa shape index (κ1) is 8.96. The zero-order valence-corrected chi connectivity index (χ0v) is 7.15. The van der Waals surface area contributed by atoms with Gasteiger partial charge in [-0.3, -0.25) is 9.63 Å². The van der Waals surface area contributed by atoms with E-state index < -0.39 is 0 Å². The molecule has 1 heterocycles. The molecule has 0 aromatic carbocycles. The van der Waals surface area contributed by atoms with Gasteiger partial charge in [0.15, 0.2) is 5.82 Å². The molecule has 0 unspecified atom stereocenters. The Morgan fingerprint density at radius 1 is 1.75 bits per heavy atom. The molecule has 12 heavy (non-hydrogen) atoms. The molecular weight excluding hydrogens is 180 g/mol. The lowest BCUT2D eigenvalue weighted by Gasteiger charge is -2.11. The van der Waals surface area contributed by atoms with Crippen LogP contribution in [0.3, 0.4) is 0 Å². The van der Waals surface area contributed by atoms with Gasteiger partial charge < -0.3 is 0 Å². The Bertz CT molecular complexity index is 280. The molecule has 0 saturated carbocycles. The number of hydrogen-bond acceptors (Lipinski definition) is 3. The summed E-state index contributed by atoms with van der Waals surface area (Å²) in [5.74, 6) is 0.361. The summed E-state index contributed by atoms with van der Waals surface area (Å²) in [5, 5.41) is 1.48. The van der Waals surface area contributed by atoms with E-state index in [1.807, 2.05) is 0 Å². The Kier molecular flexibility index (Phi) is 3.01. The van der Waals surface area contributed by atoms with Gasteiger partial charge in [-0.1, -0.05) is 11.6 Å². The number of anilines is 1. The van der Waals surface area contributed by atoms with Crippen molar-refractivity contribution in [2.24, 2.45) is 0 Å². The highest BCUT2D eigenvalue weighted by atomic mass is 35.5. The molecule has 0 atom stereocenters. The number of carbonyl (C=O) groups is 1. The molecule has 0 aliphatic rings. The number of rotatable bonds is 3. The van der Waals surface area contributed by atoms with Crippen molar-refractivity contribution >= 4 is 23.8 Å². The van der Waals surface area contributed by atoms with Crippen LogP contribution in [0.1, 0.15) is 0 Å². The van der Waals surface area contributed by atoms with Gasteiger partial charge in [0.25, 0.3) is 0 Å². The minimum absolute atomic E-state index is 0.361. The first-order chi connectivity index (χ1) is 5.77. The number of aromatic nitrogens is 1. The number of amides is 1. The second kappa shape index (κ2) is 4.04. The van der Waals surface area contributed by atoms with Crippen LogP contribution in [-0.2, 0) is 9.63 Å². The van der Waals surface area contributed by atoms with Gasteiger partial charge in [0.2, 0.25) is 6.41 Å². The molecular formula is C7H7ClN2O2. The molecule has 64 valence electrons. The van der Waals surface area contributed by atoms with Crippen LogP contribution in [0.4, 0.5) is 5.82 Å². The van der Waals surface area contributed by atoms with Crippen LogP contribution in [0.2, 0.25) is 5.02 Å². The minimum atomic E-state index is 0.361. The fraction of sp³-hybridized carbons (Fsp3) is 0.143. The van der Waals surface area contributed by atoms with Crippen molar-refractivity contribution < 1.29 is 9.63 Å². The number of carbonyl (C=O) groups excluding carboxylic acids is 1. The van der Waals surface area contributed by atoms with E-state index in [0.29, 0.717) is 17.3 Å². The van der Waals surface area contributed by atoms with Crippen LogP contribution in [0.5, 0.6) is 0 Å². The topological polar surface area (TPSA) is 42.4 Å². The van der Waals surface area contributed by atoms with E-state index in [1.54, 1.807) is 6.07 Å². The monoisotopic (exact) mass is 186 g/mol. The average molecular weight is 187 g/mol. The third kappa shape index (κ3) is 1.93. The Labute approximate surface area is 74.7 Å². The van der Waals surface area contributed by atoms with Gasteiger partial charge in [-0.05, 0) is 6.07 Å². The first-order valence-corrected chi connectivity index (χ1v) is 3.56. The molecule has 5 heteroatoms. The third-order valence-corrected chi connectivity index (χ3v) is 1.46. The molecule has 1 aromatic rings. The van der Waals surface area contributed by atoms with Gasteiger partial charge in [-0.25, -0.2) is 4.98 Å². The molecule has 0 aliphatic heterocycles. The quantitative estimate of drug-likeness (QED) is 0.527. The second-order valence-corrected chi connectivity index (χ2v) is 2.38. The average Bonchev–Trinajstić information content (AvgIpc) is 2.07. The van der Waals surface area contributed by atoms with E-state index in [-0.39, 0.29) is 0 Å². The van der Waals surface area contributed by atoms with Crippen molar-refractivity contribution in [1.82, 2.24) is 4.98 Å². The summed E-state index contributed by atoms with van der Waals surface area (Å²) in [7, 11) is 1.37.